The fraction of sp³-hybridized carbons (Fsp3) is 0.312. The molecule has 3 N–H and O–H groups in total. The molecule has 1 aliphatic rings. The standard InChI is InChI=1S/C16H15F2N3O5/c17-16(18)12(23)10(8-22)26-14(16)21-7-6-11(20-15(21)25)19-13(24)9-4-2-1-3-5-9/h1-7,10,12,14,22-23H,8H2,(H,19,20,24,25)/t10-,12+,14-/m1/s1. The fourth-order valence-electron chi connectivity index (χ4n) is 2.56. The molecule has 138 valence electrons. The van der Waals surface area contributed by atoms with Crippen molar-refractivity contribution in [1.29, 1.82) is 0 Å². The molecule has 0 unspecified atom stereocenters. The number of nitrogens with one attached hydrogen (secondary N) is 1. The van der Waals surface area contributed by atoms with Crippen LogP contribution in [0, 0.1) is 0 Å². The van der Waals surface area contributed by atoms with E-state index in [2.05, 4.69) is 10.3 Å². The molecule has 1 aromatic carbocycles. The number of nitrogens with zero attached hydrogens (tertiary/aromatic N) is 2. The second-order valence-electron chi connectivity index (χ2n) is 5.65. The third-order valence-corrected chi connectivity index (χ3v) is 3.92. The van der Waals surface area contributed by atoms with Crippen molar-refractivity contribution in [3.05, 3.63) is 58.6 Å². The van der Waals surface area contributed by atoms with Crippen LogP contribution >= 0.6 is 0 Å². The summed E-state index contributed by atoms with van der Waals surface area (Å²) in [7, 11) is 0. The Bertz CT molecular complexity index is 858. The minimum atomic E-state index is -3.80. The molecule has 1 aromatic heterocycles. The summed E-state index contributed by atoms with van der Waals surface area (Å²) in [6.45, 7) is -0.833. The maximum absolute atomic E-state index is 14.1. The number of carbonyl (C=O) groups excluding carboxylic acids is 1. The summed E-state index contributed by atoms with van der Waals surface area (Å²) in [5.74, 6) is -4.44. The Hall–Kier alpha value is -2.69. The van der Waals surface area contributed by atoms with Gasteiger partial charge in [0.25, 0.3) is 5.91 Å². The van der Waals surface area contributed by atoms with Crippen LogP contribution in [0.25, 0.3) is 0 Å². The first-order chi connectivity index (χ1) is 12.3. The van der Waals surface area contributed by atoms with E-state index in [0.717, 1.165) is 12.3 Å². The fourth-order valence-corrected chi connectivity index (χ4v) is 2.56. The SMILES string of the molecule is O=C(Nc1ccn([C@@H]2O[C@H](CO)[C@H](O)C2(F)F)c(=O)n1)c1ccccc1. The Morgan fingerprint density at radius 1 is 1.31 bits per heavy atom. The summed E-state index contributed by atoms with van der Waals surface area (Å²) in [6.07, 6.45) is -4.93. The van der Waals surface area contributed by atoms with Gasteiger partial charge in [-0.15, -0.1) is 0 Å². The molecule has 10 heteroatoms. The predicted molar refractivity (Wildman–Crippen MR) is 84.8 cm³/mol. The topological polar surface area (TPSA) is 114 Å². The van der Waals surface area contributed by atoms with Crippen LogP contribution < -0.4 is 11.0 Å². The number of anilines is 1. The van der Waals surface area contributed by atoms with E-state index in [-0.39, 0.29) is 5.82 Å². The van der Waals surface area contributed by atoms with Gasteiger partial charge in [0.15, 0.2) is 6.10 Å². The summed E-state index contributed by atoms with van der Waals surface area (Å²) < 4.78 is 33.6. The molecule has 2 heterocycles. The van der Waals surface area contributed by atoms with Crippen molar-refractivity contribution in [2.75, 3.05) is 11.9 Å². The highest BCUT2D eigenvalue weighted by Crippen LogP contribution is 2.41. The molecule has 1 aliphatic heterocycles. The van der Waals surface area contributed by atoms with E-state index in [9.17, 15) is 23.5 Å². The summed E-state index contributed by atoms with van der Waals surface area (Å²) in [5.41, 5.74) is -0.774. The predicted octanol–water partition coefficient (Wildman–Crippen LogP) is 0.381. The number of aliphatic hydroxyl groups excluding tert-OH is 2. The van der Waals surface area contributed by atoms with Gasteiger partial charge >= 0.3 is 11.6 Å². The van der Waals surface area contributed by atoms with Crippen LogP contribution in [0.2, 0.25) is 0 Å². The van der Waals surface area contributed by atoms with Crippen molar-refractivity contribution < 1.29 is 28.5 Å². The van der Waals surface area contributed by atoms with Gasteiger partial charge in [0.05, 0.1) is 6.61 Å². The highest BCUT2D eigenvalue weighted by Gasteiger charge is 2.59. The van der Waals surface area contributed by atoms with Crippen molar-refractivity contribution in [2.45, 2.75) is 24.4 Å². The molecule has 8 nitrogen and oxygen atoms in total. The molecule has 0 spiro atoms. The van der Waals surface area contributed by atoms with Crippen molar-refractivity contribution in [3.63, 3.8) is 0 Å². The molecule has 1 saturated heterocycles. The van der Waals surface area contributed by atoms with E-state index >= 15 is 0 Å². The van der Waals surface area contributed by atoms with E-state index < -0.39 is 42.6 Å². The van der Waals surface area contributed by atoms with Crippen LogP contribution in [0.1, 0.15) is 16.6 Å². The number of hydrogen-bond acceptors (Lipinski definition) is 6. The minimum Gasteiger partial charge on any atom is -0.394 e. The third-order valence-electron chi connectivity index (χ3n) is 3.92. The van der Waals surface area contributed by atoms with Crippen molar-refractivity contribution in [3.8, 4) is 0 Å². The first-order valence-corrected chi connectivity index (χ1v) is 7.62. The number of carbonyl (C=O) groups is 1. The molecule has 0 radical (unpaired) electrons. The summed E-state index contributed by atoms with van der Waals surface area (Å²) in [5, 5.41) is 20.9. The Morgan fingerprint density at radius 2 is 2.00 bits per heavy atom. The first kappa shape index (κ1) is 18.1. The number of ether oxygens (including phenoxy) is 1. The lowest BCUT2D eigenvalue weighted by molar-refractivity contribution is -0.140. The molecule has 0 aliphatic carbocycles. The molecule has 1 fully saturated rings. The lowest BCUT2D eigenvalue weighted by Crippen LogP contribution is -2.41. The van der Waals surface area contributed by atoms with Crippen LogP contribution in [0.3, 0.4) is 0 Å². The number of benzene rings is 1. The van der Waals surface area contributed by atoms with Gasteiger partial charge < -0.3 is 20.3 Å². The summed E-state index contributed by atoms with van der Waals surface area (Å²) >= 11 is 0. The van der Waals surface area contributed by atoms with Crippen LogP contribution in [0.15, 0.2) is 47.4 Å². The Balaban J connectivity index is 1.82. The zero-order chi connectivity index (χ0) is 18.9. The molecule has 2 aromatic rings. The average Bonchev–Trinajstić information content (AvgIpc) is 2.85. The van der Waals surface area contributed by atoms with E-state index in [1.54, 1.807) is 30.3 Å². The number of amides is 1. The highest BCUT2D eigenvalue weighted by atomic mass is 19.3. The van der Waals surface area contributed by atoms with Gasteiger partial charge in [-0.3, -0.25) is 9.36 Å². The minimum absolute atomic E-state index is 0.124. The van der Waals surface area contributed by atoms with E-state index in [1.165, 1.54) is 0 Å². The Labute approximate surface area is 145 Å². The van der Waals surface area contributed by atoms with Gasteiger partial charge in [-0.2, -0.15) is 13.8 Å². The maximum atomic E-state index is 14.1. The zero-order valence-electron chi connectivity index (χ0n) is 13.3. The van der Waals surface area contributed by atoms with Crippen LogP contribution in [0.5, 0.6) is 0 Å². The van der Waals surface area contributed by atoms with Gasteiger partial charge in [-0.1, -0.05) is 18.2 Å². The van der Waals surface area contributed by atoms with Gasteiger partial charge in [0, 0.05) is 11.8 Å². The maximum Gasteiger partial charge on any atom is 0.351 e. The quantitative estimate of drug-likeness (QED) is 0.720. The molecule has 0 saturated carbocycles. The molecular formula is C16H15F2N3O5. The second-order valence-corrected chi connectivity index (χ2v) is 5.65. The summed E-state index contributed by atoms with van der Waals surface area (Å²) in [6, 6.07) is 9.30. The number of alkyl halides is 2. The van der Waals surface area contributed by atoms with Crippen LogP contribution in [0.4, 0.5) is 14.6 Å². The molecule has 0 bridgehead atoms. The van der Waals surface area contributed by atoms with Crippen molar-refractivity contribution >= 4 is 11.7 Å². The highest BCUT2D eigenvalue weighted by molar-refractivity contribution is 6.03. The molecule has 3 rings (SSSR count). The van der Waals surface area contributed by atoms with E-state index in [0.29, 0.717) is 10.1 Å². The van der Waals surface area contributed by atoms with Gasteiger partial charge in [-0.25, -0.2) is 4.79 Å². The third kappa shape index (κ3) is 3.21. The zero-order valence-corrected chi connectivity index (χ0v) is 13.3. The number of rotatable bonds is 4. The average molecular weight is 367 g/mol. The first-order valence-electron chi connectivity index (χ1n) is 7.62. The Morgan fingerprint density at radius 3 is 2.58 bits per heavy atom. The van der Waals surface area contributed by atoms with E-state index in [4.69, 9.17) is 9.84 Å². The van der Waals surface area contributed by atoms with Crippen LogP contribution in [-0.4, -0.2) is 50.4 Å². The Kier molecular flexibility index (Phi) is 4.81. The van der Waals surface area contributed by atoms with Gasteiger partial charge in [0.2, 0.25) is 6.23 Å². The second kappa shape index (κ2) is 6.90. The number of halogens is 2. The van der Waals surface area contributed by atoms with E-state index in [1.807, 2.05) is 0 Å². The molecule has 3 atom stereocenters. The number of aliphatic hydroxyl groups is 2. The smallest absolute Gasteiger partial charge is 0.351 e. The van der Waals surface area contributed by atoms with Gasteiger partial charge in [0.1, 0.15) is 11.9 Å². The summed E-state index contributed by atoms with van der Waals surface area (Å²) in [4.78, 5) is 27.6. The van der Waals surface area contributed by atoms with Gasteiger partial charge in [-0.05, 0) is 18.2 Å². The molecule has 1 amide bonds. The monoisotopic (exact) mass is 367 g/mol. The lowest BCUT2D eigenvalue weighted by atomic mass is 10.1. The van der Waals surface area contributed by atoms with Crippen LogP contribution in [-0.2, 0) is 4.74 Å². The number of aromatic nitrogens is 2. The largest absolute Gasteiger partial charge is 0.394 e. The van der Waals surface area contributed by atoms with Crippen molar-refractivity contribution in [2.24, 2.45) is 0 Å². The number of hydrogen-bond donors (Lipinski definition) is 3. The molecular weight excluding hydrogens is 352 g/mol. The normalized spacial score (nSPS) is 24.4. The van der Waals surface area contributed by atoms with Crippen molar-refractivity contribution in [1.82, 2.24) is 9.55 Å². The lowest BCUT2D eigenvalue weighted by Gasteiger charge is -2.21. The molecule has 26 heavy (non-hydrogen) atoms.